The molecule has 0 bridgehead atoms. The molecule has 10 heavy (non-hydrogen) atoms. The van der Waals surface area contributed by atoms with Crippen molar-refractivity contribution in [3.05, 3.63) is 43.5 Å². The molecule has 0 saturated heterocycles. The molecule has 56 valence electrons. The predicted octanol–water partition coefficient (Wildman–Crippen LogP) is 1.37. The summed E-state index contributed by atoms with van der Waals surface area (Å²) in [5.74, 6) is 0.322. The summed E-state index contributed by atoms with van der Waals surface area (Å²) < 4.78 is 0. The summed E-state index contributed by atoms with van der Waals surface area (Å²) in [6.07, 6.45) is 0. The first-order valence-electron chi connectivity index (χ1n) is 2.63. The van der Waals surface area contributed by atoms with Crippen LogP contribution in [0.2, 0.25) is 0 Å². The van der Waals surface area contributed by atoms with Crippen molar-refractivity contribution in [2.24, 2.45) is 0 Å². The van der Waals surface area contributed by atoms with Crippen molar-refractivity contribution < 1.29 is 10.6 Å². The van der Waals surface area contributed by atoms with E-state index in [1.165, 1.54) is 0 Å². The highest BCUT2D eigenvalue weighted by molar-refractivity contribution is 5.18. The van der Waals surface area contributed by atoms with E-state index in [4.69, 9.17) is 5.11 Å². The third-order valence-corrected chi connectivity index (χ3v) is 0.756. The number of phenolic OH excluding ortho intramolecular Hbond substituents is 1. The average Bonchev–Trinajstić information content (AvgIpc) is 1.94. The summed E-state index contributed by atoms with van der Waals surface area (Å²) in [5.41, 5.74) is 0. The molecule has 0 saturated carbocycles. The molecular weight excluding hydrogens is 128 g/mol. The fraction of sp³-hybridized carbons (Fsp3) is 0. The Morgan fingerprint density at radius 1 is 1.00 bits per heavy atom. The van der Waals surface area contributed by atoms with Gasteiger partial charge in [0.25, 0.3) is 0 Å². The molecule has 0 fully saturated rings. The first kappa shape index (κ1) is 11.5. The molecule has 0 atom stereocenters. The Hall–Kier alpha value is -1.28. The topological polar surface area (TPSA) is 51.7 Å². The smallest absolute Gasteiger partial charge is 0.115 e. The van der Waals surface area contributed by atoms with E-state index in [1.54, 1.807) is 24.3 Å². The predicted molar refractivity (Wildman–Crippen MR) is 43.0 cm³/mol. The van der Waals surface area contributed by atoms with Crippen molar-refractivity contribution in [2.75, 3.05) is 0 Å². The molecule has 1 aromatic carbocycles. The number of hydrogen-bond donors (Lipinski definition) is 1. The zero-order valence-electron chi connectivity index (χ0n) is 5.75. The lowest BCUT2D eigenvalue weighted by atomic mass is 10.3. The van der Waals surface area contributed by atoms with Crippen LogP contribution in [0.4, 0.5) is 0 Å². The van der Waals surface area contributed by atoms with Gasteiger partial charge in [0, 0.05) is 0 Å². The van der Waals surface area contributed by atoms with E-state index in [9.17, 15) is 0 Å². The van der Waals surface area contributed by atoms with Crippen LogP contribution in [0.1, 0.15) is 0 Å². The van der Waals surface area contributed by atoms with E-state index >= 15 is 0 Å². The third-order valence-electron chi connectivity index (χ3n) is 0.756. The lowest BCUT2D eigenvalue weighted by Crippen LogP contribution is -1.56. The molecule has 1 aromatic rings. The highest BCUT2D eigenvalue weighted by Gasteiger charge is 1.74. The van der Waals surface area contributed by atoms with Crippen LogP contribution in [0.25, 0.3) is 0 Å². The monoisotopic (exact) mass is 140 g/mol. The van der Waals surface area contributed by atoms with E-state index in [0.717, 1.165) is 0 Å². The minimum atomic E-state index is 0. The molecule has 0 aliphatic rings. The fourth-order valence-electron chi connectivity index (χ4n) is 0.428. The first-order chi connectivity index (χ1) is 4.39. The lowest BCUT2D eigenvalue weighted by molar-refractivity contribution is 0.475. The zero-order chi connectivity index (χ0) is 7.11. The number of phenols is 1. The summed E-state index contributed by atoms with van der Waals surface area (Å²) in [6, 6.07) is 8.71. The van der Waals surface area contributed by atoms with Crippen LogP contribution in [0, 0.1) is 0 Å². The molecule has 2 heteroatoms. The summed E-state index contributed by atoms with van der Waals surface area (Å²) in [6.45, 7) is 6.00. The molecule has 3 N–H and O–H groups in total. The van der Waals surface area contributed by atoms with Gasteiger partial charge in [-0.2, -0.15) is 0 Å². The van der Waals surface area contributed by atoms with Crippen molar-refractivity contribution in [3.8, 4) is 5.75 Å². The van der Waals surface area contributed by atoms with Gasteiger partial charge in [-0.1, -0.05) is 18.2 Å². The van der Waals surface area contributed by atoms with Crippen molar-refractivity contribution in [1.82, 2.24) is 0 Å². The lowest BCUT2D eigenvalue weighted by Gasteiger charge is -1.82. The largest absolute Gasteiger partial charge is 0.508 e. The van der Waals surface area contributed by atoms with Gasteiger partial charge in [-0.3, -0.25) is 0 Å². The van der Waals surface area contributed by atoms with Gasteiger partial charge in [-0.15, -0.1) is 13.2 Å². The SMILES string of the molecule is C=C.O.Oc1ccccc1. The summed E-state index contributed by atoms with van der Waals surface area (Å²) in [4.78, 5) is 0. The van der Waals surface area contributed by atoms with Gasteiger partial charge in [-0.25, -0.2) is 0 Å². The molecule has 0 radical (unpaired) electrons. The quantitative estimate of drug-likeness (QED) is 0.543. The van der Waals surface area contributed by atoms with Crippen LogP contribution in [0.5, 0.6) is 5.75 Å². The van der Waals surface area contributed by atoms with Crippen LogP contribution >= 0.6 is 0 Å². The maximum absolute atomic E-state index is 8.63. The van der Waals surface area contributed by atoms with Crippen LogP contribution in [0.15, 0.2) is 43.5 Å². The number of rotatable bonds is 0. The van der Waals surface area contributed by atoms with Crippen molar-refractivity contribution in [3.63, 3.8) is 0 Å². The number of hydrogen-bond acceptors (Lipinski definition) is 1. The Kier molecular flexibility index (Phi) is 8.88. The number of para-hydroxylation sites is 1. The van der Waals surface area contributed by atoms with Gasteiger partial charge in [0.15, 0.2) is 0 Å². The van der Waals surface area contributed by atoms with E-state index < -0.39 is 0 Å². The van der Waals surface area contributed by atoms with Crippen molar-refractivity contribution in [2.45, 2.75) is 0 Å². The minimum absolute atomic E-state index is 0. The van der Waals surface area contributed by atoms with Gasteiger partial charge in [0.05, 0.1) is 0 Å². The Labute approximate surface area is 60.8 Å². The third kappa shape index (κ3) is 4.87. The average molecular weight is 140 g/mol. The molecule has 0 aromatic heterocycles. The summed E-state index contributed by atoms with van der Waals surface area (Å²) in [5, 5.41) is 8.63. The Morgan fingerprint density at radius 2 is 1.40 bits per heavy atom. The highest BCUT2D eigenvalue weighted by atomic mass is 16.3. The Morgan fingerprint density at radius 3 is 1.60 bits per heavy atom. The second-order valence-electron chi connectivity index (χ2n) is 1.34. The summed E-state index contributed by atoms with van der Waals surface area (Å²) in [7, 11) is 0. The summed E-state index contributed by atoms with van der Waals surface area (Å²) >= 11 is 0. The highest BCUT2D eigenvalue weighted by Crippen LogP contribution is 2.02. The zero-order valence-corrected chi connectivity index (χ0v) is 5.75. The van der Waals surface area contributed by atoms with E-state index in [-0.39, 0.29) is 5.48 Å². The van der Waals surface area contributed by atoms with Gasteiger partial charge in [-0.05, 0) is 12.1 Å². The van der Waals surface area contributed by atoms with Crippen LogP contribution in [-0.4, -0.2) is 10.6 Å². The molecular formula is C8H12O2. The molecule has 0 aliphatic heterocycles. The maximum Gasteiger partial charge on any atom is 0.115 e. The normalized spacial score (nSPS) is 6.40. The van der Waals surface area contributed by atoms with Crippen LogP contribution in [0.3, 0.4) is 0 Å². The van der Waals surface area contributed by atoms with E-state index in [2.05, 4.69) is 13.2 Å². The van der Waals surface area contributed by atoms with E-state index in [1.807, 2.05) is 6.07 Å². The fourth-order valence-corrected chi connectivity index (χ4v) is 0.428. The van der Waals surface area contributed by atoms with Gasteiger partial charge in [0.2, 0.25) is 0 Å². The number of aromatic hydroxyl groups is 1. The second-order valence-corrected chi connectivity index (χ2v) is 1.34. The molecule has 0 heterocycles. The van der Waals surface area contributed by atoms with E-state index in [0.29, 0.717) is 5.75 Å². The van der Waals surface area contributed by atoms with Crippen LogP contribution in [-0.2, 0) is 0 Å². The van der Waals surface area contributed by atoms with Gasteiger partial charge >= 0.3 is 0 Å². The molecule has 1 rings (SSSR count). The molecule has 0 aliphatic carbocycles. The molecule has 0 unspecified atom stereocenters. The Balaban J connectivity index is 0. The number of benzene rings is 1. The minimum Gasteiger partial charge on any atom is -0.508 e. The van der Waals surface area contributed by atoms with Crippen molar-refractivity contribution >= 4 is 0 Å². The molecule has 0 amide bonds. The van der Waals surface area contributed by atoms with Crippen molar-refractivity contribution in [1.29, 1.82) is 0 Å². The maximum atomic E-state index is 8.63. The van der Waals surface area contributed by atoms with Gasteiger partial charge < -0.3 is 10.6 Å². The van der Waals surface area contributed by atoms with Gasteiger partial charge in [0.1, 0.15) is 5.75 Å². The first-order valence-corrected chi connectivity index (χ1v) is 2.63. The van der Waals surface area contributed by atoms with Crippen LogP contribution < -0.4 is 0 Å². The second kappa shape index (κ2) is 7.72. The standard InChI is InChI=1S/C6H6O.C2H4.H2O/c7-6-4-2-1-3-5-6;1-2;/h1-5,7H;1-2H2;1H2. The molecule has 0 spiro atoms. The Bertz CT molecular complexity index is 149. The molecule has 2 nitrogen and oxygen atoms in total.